The summed E-state index contributed by atoms with van der Waals surface area (Å²) in [6.07, 6.45) is 5.47. The Bertz CT molecular complexity index is 1320. The Hall–Kier alpha value is -3.56. The molecule has 37 heavy (non-hydrogen) atoms. The number of hydrogen-bond acceptors (Lipinski definition) is 6. The van der Waals surface area contributed by atoms with Crippen molar-refractivity contribution in [3.05, 3.63) is 77.0 Å². The third-order valence-corrected chi connectivity index (χ3v) is 6.78. The molecule has 1 aliphatic heterocycles. The van der Waals surface area contributed by atoms with E-state index in [2.05, 4.69) is 15.1 Å². The summed E-state index contributed by atoms with van der Waals surface area (Å²) in [6, 6.07) is 13.4. The molecule has 0 spiro atoms. The summed E-state index contributed by atoms with van der Waals surface area (Å²) in [5.74, 6) is 0.790. The minimum atomic E-state index is -0.364. The van der Waals surface area contributed by atoms with Gasteiger partial charge in [-0.25, -0.2) is 9.78 Å². The number of aryl methyl sites for hydroxylation is 1. The smallest absolute Gasteiger partial charge is 0.410 e. The number of unbranched alkanes of at least 4 members (excludes halogenated alkanes) is 1. The number of H-pyrrole nitrogens is 1. The molecule has 2 aromatic carbocycles. The highest BCUT2D eigenvalue weighted by atomic mass is 35.5. The van der Waals surface area contributed by atoms with E-state index in [-0.39, 0.29) is 18.7 Å². The number of fused-ring (bicyclic) bond motifs is 3. The van der Waals surface area contributed by atoms with Crippen LogP contribution in [0.5, 0.6) is 5.75 Å². The molecule has 1 aliphatic rings. The number of halogens is 1. The maximum Gasteiger partial charge on any atom is 0.410 e. The van der Waals surface area contributed by atoms with E-state index in [9.17, 15) is 4.79 Å². The number of methoxy groups -OCH3 is 1. The second kappa shape index (κ2) is 11.7. The van der Waals surface area contributed by atoms with E-state index < -0.39 is 0 Å². The van der Waals surface area contributed by atoms with Crippen molar-refractivity contribution >= 4 is 28.6 Å². The maximum absolute atomic E-state index is 13.1. The highest BCUT2D eigenvalue weighted by Gasteiger charge is 2.35. The quantitative estimate of drug-likeness (QED) is 0.294. The van der Waals surface area contributed by atoms with E-state index in [1.807, 2.05) is 47.1 Å². The van der Waals surface area contributed by atoms with Gasteiger partial charge in [-0.2, -0.15) is 5.10 Å². The number of nitrogens with zero attached hydrogens (tertiary/aromatic N) is 4. The molecule has 194 valence electrons. The van der Waals surface area contributed by atoms with Crippen molar-refractivity contribution in [3.8, 4) is 5.75 Å². The zero-order chi connectivity index (χ0) is 25.6. The molecule has 0 bridgehead atoms. The molecule has 2 aromatic heterocycles. The molecule has 3 heterocycles. The van der Waals surface area contributed by atoms with Gasteiger partial charge in [0.15, 0.2) is 0 Å². The third kappa shape index (κ3) is 5.73. The van der Waals surface area contributed by atoms with Crippen molar-refractivity contribution in [3.63, 3.8) is 0 Å². The number of amides is 1. The van der Waals surface area contributed by atoms with Crippen LogP contribution in [0.3, 0.4) is 0 Å². The molecular formula is C27H30ClN5O4. The van der Waals surface area contributed by atoms with Crippen LogP contribution in [-0.2, 0) is 22.4 Å². The largest absolute Gasteiger partial charge is 0.494 e. The van der Waals surface area contributed by atoms with Crippen LogP contribution in [0.2, 0.25) is 5.02 Å². The van der Waals surface area contributed by atoms with Crippen molar-refractivity contribution in [1.82, 2.24) is 24.6 Å². The van der Waals surface area contributed by atoms with E-state index in [0.29, 0.717) is 31.2 Å². The number of carbonyl (C=O) groups excluding carboxylic acids is 1. The van der Waals surface area contributed by atoms with E-state index in [1.54, 1.807) is 24.7 Å². The number of hydrogen-bond donors (Lipinski definition) is 1. The zero-order valence-corrected chi connectivity index (χ0v) is 21.5. The SMILES string of the molecule is COCCOC(=O)N1CCc2c([nH]c3ccc(Cl)cc23)C1c1ccc(OCCCCn2cncn2)cc1. The van der Waals surface area contributed by atoms with Crippen LogP contribution in [0.1, 0.15) is 35.7 Å². The summed E-state index contributed by atoms with van der Waals surface area (Å²) < 4.78 is 18.3. The lowest BCUT2D eigenvalue weighted by Gasteiger charge is -2.35. The molecule has 1 unspecified atom stereocenters. The summed E-state index contributed by atoms with van der Waals surface area (Å²) in [7, 11) is 1.58. The van der Waals surface area contributed by atoms with Gasteiger partial charge in [0.2, 0.25) is 0 Å². The van der Waals surface area contributed by atoms with Gasteiger partial charge in [0.05, 0.1) is 13.2 Å². The molecule has 0 saturated heterocycles. The van der Waals surface area contributed by atoms with Crippen LogP contribution in [0.25, 0.3) is 10.9 Å². The molecular weight excluding hydrogens is 494 g/mol. The summed E-state index contributed by atoms with van der Waals surface area (Å²) in [5, 5.41) is 5.89. The van der Waals surface area contributed by atoms with E-state index >= 15 is 0 Å². The number of ether oxygens (including phenoxy) is 3. The zero-order valence-electron chi connectivity index (χ0n) is 20.7. The summed E-state index contributed by atoms with van der Waals surface area (Å²) >= 11 is 6.30. The van der Waals surface area contributed by atoms with Crippen molar-refractivity contribution in [2.24, 2.45) is 0 Å². The molecule has 0 saturated carbocycles. The minimum Gasteiger partial charge on any atom is -0.494 e. The molecule has 1 amide bonds. The monoisotopic (exact) mass is 523 g/mol. The topological polar surface area (TPSA) is 94.5 Å². The standard InChI is InChI=1S/C27H30ClN5O4/c1-35-14-15-37-27(34)33-12-10-22-23-16-20(28)6-9-24(23)31-25(22)26(33)19-4-7-21(8-5-19)36-13-3-2-11-32-18-29-17-30-32/h4-9,16-18,26,31H,2-3,10-15H2,1H3. The number of aromatic amines is 1. The molecule has 1 atom stereocenters. The molecule has 1 N–H and O–H groups in total. The molecule has 0 aliphatic carbocycles. The first-order valence-corrected chi connectivity index (χ1v) is 12.8. The lowest BCUT2D eigenvalue weighted by atomic mass is 9.92. The first kappa shape index (κ1) is 25.1. The fourth-order valence-electron chi connectivity index (χ4n) is 4.76. The Morgan fingerprint density at radius 2 is 2.00 bits per heavy atom. The Morgan fingerprint density at radius 1 is 1.14 bits per heavy atom. The lowest BCUT2D eigenvalue weighted by Crippen LogP contribution is -2.41. The second-order valence-electron chi connectivity index (χ2n) is 8.94. The van der Waals surface area contributed by atoms with E-state index in [4.69, 9.17) is 25.8 Å². The summed E-state index contributed by atoms with van der Waals surface area (Å²) in [6.45, 7) is 2.52. The number of aromatic nitrogens is 4. The minimum absolute atomic E-state index is 0.206. The number of benzene rings is 2. The summed E-state index contributed by atoms with van der Waals surface area (Å²) in [4.78, 5) is 22.3. The Balaban J connectivity index is 1.33. The normalized spacial score (nSPS) is 15.1. The Kier molecular flexibility index (Phi) is 7.91. The van der Waals surface area contributed by atoms with E-state index in [0.717, 1.165) is 47.3 Å². The summed E-state index contributed by atoms with van der Waals surface area (Å²) in [5.41, 5.74) is 4.13. The number of nitrogens with one attached hydrogen (secondary N) is 1. The average Bonchev–Trinajstić information content (AvgIpc) is 3.56. The Morgan fingerprint density at radius 3 is 2.78 bits per heavy atom. The van der Waals surface area contributed by atoms with Gasteiger partial charge in [0.1, 0.15) is 31.1 Å². The van der Waals surface area contributed by atoms with E-state index in [1.165, 1.54) is 5.56 Å². The number of carbonyl (C=O) groups is 1. The highest BCUT2D eigenvalue weighted by molar-refractivity contribution is 6.31. The Labute approximate surface area is 220 Å². The fourth-order valence-corrected chi connectivity index (χ4v) is 4.93. The second-order valence-corrected chi connectivity index (χ2v) is 9.38. The average molecular weight is 524 g/mol. The molecule has 5 rings (SSSR count). The van der Waals surface area contributed by atoms with Gasteiger partial charge in [-0.3, -0.25) is 9.58 Å². The first-order valence-electron chi connectivity index (χ1n) is 12.4. The van der Waals surface area contributed by atoms with Crippen molar-refractivity contribution < 1.29 is 19.0 Å². The van der Waals surface area contributed by atoms with Crippen LogP contribution in [0, 0.1) is 0 Å². The third-order valence-electron chi connectivity index (χ3n) is 6.55. The van der Waals surface area contributed by atoms with Crippen molar-refractivity contribution in [2.75, 3.05) is 33.5 Å². The van der Waals surface area contributed by atoms with Gasteiger partial charge in [-0.05, 0) is 60.7 Å². The van der Waals surface area contributed by atoms with Crippen LogP contribution in [0.15, 0.2) is 55.1 Å². The number of rotatable bonds is 10. The first-order chi connectivity index (χ1) is 18.1. The van der Waals surface area contributed by atoms with Gasteiger partial charge in [-0.15, -0.1) is 0 Å². The molecule has 10 heteroatoms. The van der Waals surface area contributed by atoms with Crippen molar-refractivity contribution in [2.45, 2.75) is 31.8 Å². The van der Waals surface area contributed by atoms with Crippen molar-refractivity contribution in [1.29, 1.82) is 0 Å². The van der Waals surface area contributed by atoms with Crippen LogP contribution in [0.4, 0.5) is 4.79 Å². The van der Waals surface area contributed by atoms with Gasteiger partial charge in [0.25, 0.3) is 0 Å². The molecule has 0 radical (unpaired) electrons. The van der Waals surface area contributed by atoms with Crippen LogP contribution >= 0.6 is 11.6 Å². The van der Waals surface area contributed by atoms with Gasteiger partial charge in [-0.1, -0.05) is 23.7 Å². The highest BCUT2D eigenvalue weighted by Crippen LogP contribution is 2.39. The fraction of sp³-hybridized carbons (Fsp3) is 0.370. The molecule has 9 nitrogen and oxygen atoms in total. The predicted molar refractivity (Wildman–Crippen MR) is 140 cm³/mol. The predicted octanol–water partition coefficient (Wildman–Crippen LogP) is 5.00. The molecule has 4 aromatic rings. The van der Waals surface area contributed by atoms with Crippen LogP contribution < -0.4 is 4.74 Å². The maximum atomic E-state index is 13.1. The molecule has 0 fully saturated rings. The van der Waals surface area contributed by atoms with Gasteiger partial charge >= 0.3 is 6.09 Å². The van der Waals surface area contributed by atoms with Gasteiger partial charge < -0.3 is 19.2 Å². The van der Waals surface area contributed by atoms with Gasteiger partial charge in [0, 0.05) is 41.8 Å². The van der Waals surface area contributed by atoms with Crippen LogP contribution in [-0.4, -0.2) is 64.2 Å². The lowest BCUT2D eigenvalue weighted by molar-refractivity contribution is 0.0629.